The molecule has 3 aromatic rings. The molecule has 0 spiro atoms. The number of hydrogen-bond donors (Lipinski definition) is 6. The Morgan fingerprint density at radius 1 is 0.955 bits per heavy atom. The van der Waals surface area contributed by atoms with Crippen molar-refractivity contribution in [1.82, 2.24) is 20.2 Å². The number of aromatic nitrogens is 2. The molecule has 232 valence electrons. The molecule has 2 aliphatic rings. The Hall–Kier alpha value is -4.83. The van der Waals surface area contributed by atoms with Crippen LogP contribution in [0.1, 0.15) is 16.6 Å². The van der Waals surface area contributed by atoms with Crippen molar-refractivity contribution >= 4 is 29.1 Å². The Labute approximate surface area is 250 Å². The van der Waals surface area contributed by atoms with Gasteiger partial charge in [-0.05, 0) is 36.4 Å². The molecule has 0 bridgehead atoms. The maximum Gasteiger partial charge on any atom is 0.330 e. The van der Waals surface area contributed by atoms with Gasteiger partial charge in [-0.15, -0.1) is 0 Å². The van der Waals surface area contributed by atoms with Gasteiger partial charge in [0.2, 0.25) is 11.8 Å². The molecule has 2 fully saturated rings. The number of aliphatic hydroxyl groups is 2. The van der Waals surface area contributed by atoms with E-state index < -0.39 is 66.1 Å². The lowest BCUT2D eigenvalue weighted by molar-refractivity contribution is -0.132. The molecule has 1 aromatic heterocycles. The minimum absolute atomic E-state index is 0.321. The number of rotatable bonds is 9. The average Bonchev–Trinajstić information content (AvgIpc) is 3.32. The molecule has 5 rings (SSSR count). The maximum atomic E-state index is 13.6. The molecule has 2 aliphatic heterocycles. The smallest absolute Gasteiger partial charge is 0.330 e. The second kappa shape index (κ2) is 13.6. The average molecular weight is 609 g/mol. The molecule has 0 radical (unpaired) electrons. The van der Waals surface area contributed by atoms with Crippen molar-refractivity contribution in [3.63, 3.8) is 0 Å². The van der Waals surface area contributed by atoms with Crippen LogP contribution in [0.5, 0.6) is 0 Å². The minimum atomic E-state index is -1.74. The van der Waals surface area contributed by atoms with E-state index in [1.807, 2.05) is 17.1 Å². The van der Waals surface area contributed by atoms with Crippen LogP contribution in [0, 0.1) is 0 Å². The third-order valence-electron chi connectivity index (χ3n) is 7.28. The lowest BCUT2D eigenvalue weighted by Crippen LogP contribution is -2.56. The Morgan fingerprint density at radius 2 is 1.66 bits per heavy atom. The number of aromatic amines is 1. The van der Waals surface area contributed by atoms with Crippen LogP contribution < -0.4 is 32.1 Å². The summed E-state index contributed by atoms with van der Waals surface area (Å²) in [5.74, 6) is -2.10. The van der Waals surface area contributed by atoms with E-state index in [1.165, 1.54) is 0 Å². The second-order valence-electron chi connectivity index (χ2n) is 10.2. The zero-order chi connectivity index (χ0) is 31.2. The number of morpholine rings is 1. The second-order valence-corrected chi connectivity index (χ2v) is 10.2. The summed E-state index contributed by atoms with van der Waals surface area (Å²) in [6.07, 6.45) is -5.39. The first kappa shape index (κ1) is 30.6. The highest BCUT2D eigenvalue weighted by molar-refractivity contribution is 5.99. The molecule has 44 heavy (non-hydrogen) atoms. The Balaban J connectivity index is 1.33. The molecule has 5 atom stereocenters. The van der Waals surface area contributed by atoms with Crippen molar-refractivity contribution in [2.45, 2.75) is 30.6 Å². The number of anilines is 2. The lowest BCUT2D eigenvalue weighted by Gasteiger charge is -2.29. The molecular formula is C29H32N6O9. The molecule has 1 unspecified atom stereocenters. The number of amides is 3. The summed E-state index contributed by atoms with van der Waals surface area (Å²) in [4.78, 5) is 66.9. The van der Waals surface area contributed by atoms with Crippen molar-refractivity contribution < 1.29 is 34.1 Å². The summed E-state index contributed by atoms with van der Waals surface area (Å²) >= 11 is 0. The highest BCUT2D eigenvalue weighted by atomic mass is 16.6. The predicted octanol–water partition coefficient (Wildman–Crippen LogP) is -1.45. The molecule has 3 amide bonds. The lowest BCUT2D eigenvalue weighted by atomic mass is 10.0. The molecule has 0 saturated carbocycles. The molecular weight excluding hydrogens is 576 g/mol. The van der Waals surface area contributed by atoms with Crippen LogP contribution in [0.25, 0.3) is 0 Å². The highest BCUT2D eigenvalue weighted by Crippen LogP contribution is 2.30. The van der Waals surface area contributed by atoms with E-state index in [0.717, 1.165) is 35.6 Å². The van der Waals surface area contributed by atoms with Gasteiger partial charge in [0.05, 0.1) is 19.8 Å². The number of H-pyrrole nitrogens is 1. The molecule has 3 heterocycles. The fourth-order valence-corrected chi connectivity index (χ4v) is 4.99. The number of carbonyl (C=O) groups excluding carboxylic acids is 3. The van der Waals surface area contributed by atoms with Crippen LogP contribution in [0.3, 0.4) is 0 Å². The topological polar surface area (TPSA) is 204 Å². The largest absolute Gasteiger partial charge is 0.387 e. The fourth-order valence-electron chi connectivity index (χ4n) is 4.99. The van der Waals surface area contributed by atoms with Gasteiger partial charge in [-0.25, -0.2) is 4.79 Å². The summed E-state index contributed by atoms with van der Waals surface area (Å²) in [7, 11) is 0. The zero-order valence-electron chi connectivity index (χ0n) is 23.4. The third-order valence-corrected chi connectivity index (χ3v) is 7.28. The molecule has 0 aliphatic carbocycles. The molecule has 2 saturated heterocycles. The van der Waals surface area contributed by atoms with Crippen LogP contribution in [-0.2, 0) is 19.1 Å². The van der Waals surface area contributed by atoms with Crippen LogP contribution in [0.4, 0.5) is 11.4 Å². The van der Waals surface area contributed by atoms with Gasteiger partial charge in [-0.2, -0.15) is 0 Å². The highest BCUT2D eigenvalue weighted by Gasteiger charge is 2.50. The van der Waals surface area contributed by atoms with Crippen molar-refractivity contribution in [3.8, 4) is 0 Å². The quantitative estimate of drug-likeness (QED) is 0.167. The Kier molecular flexibility index (Phi) is 9.50. The van der Waals surface area contributed by atoms with E-state index in [-0.39, 0.29) is 0 Å². The van der Waals surface area contributed by atoms with Crippen molar-refractivity contribution in [1.29, 1.82) is 0 Å². The van der Waals surface area contributed by atoms with E-state index in [2.05, 4.69) is 20.9 Å². The fraction of sp³-hybridized carbons (Fsp3) is 0.345. The Morgan fingerprint density at radius 3 is 2.34 bits per heavy atom. The number of benzene rings is 2. The number of aliphatic hydroxyl groups excluding tert-OH is 2. The molecule has 6 N–H and O–H groups in total. The first-order valence-electron chi connectivity index (χ1n) is 13.9. The third kappa shape index (κ3) is 7.03. The number of ether oxygens (including phenoxy) is 2. The standard InChI is InChI=1S/C29H32N6O9/c36-20-10-11-35(29(42)33-20)28-24(39)23(38)25(44-28)22(32-21(37)16-30-26(40)17-4-2-1-3-5-17)27(41)31-18-6-8-19(9-7-18)34-12-14-43-15-13-34/h1-11,22-25,28,38-39H,12-16H2,(H,30,40)(H,31,41)(H,32,37)(H,33,36,42)/t22?,23-,24+,25+,28+/m0/s1. The van der Waals surface area contributed by atoms with E-state index >= 15 is 0 Å². The minimum Gasteiger partial charge on any atom is -0.387 e. The number of nitrogens with zero attached hydrogens (tertiary/aromatic N) is 2. The van der Waals surface area contributed by atoms with Crippen LogP contribution >= 0.6 is 0 Å². The Bertz CT molecular complexity index is 1590. The molecule has 15 heteroatoms. The van der Waals surface area contributed by atoms with Crippen molar-refractivity contribution in [2.24, 2.45) is 0 Å². The number of nitrogens with one attached hydrogen (secondary N) is 4. The summed E-state index contributed by atoms with van der Waals surface area (Å²) in [6.45, 7) is 2.14. The summed E-state index contributed by atoms with van der Waals surface area (Å²) in [6, 6.07) is 14.6. The van der Waals surface area contributed by atoms with Crippen LogP contribution in [0.15, 0.2) is 76.4 Å². The summed E-state index contributed by atoms with van der Waals surface area (Å²) in [5.41, 5.74) is 0.0326. The van der Waals surface area contributed by atoms with Gasteiger partial charge in [-0.1, -0.05) is 18.2 Å². The number of carbonyl (C=O) groups is 3. The van der Waals surface area contributed by atoms with Gasteiger partial charge in [0.15, 0.2) is 6.23 Å². The van der Waals surface area contributed by atoms with E-state index in [1.54, 1.807) is 42.5 Å². The number of hydrogen-bond acceptors (Lipinski definition) is 10. The van der Waals surface area contributed by atoms with Crippen LogP contribution in [-0.4, -0.2) is 94.7 Å². The first-order chi connectivity index (χ1) is 21.2. The van der Waals surface area contributed by atoms with E-state index in [4.69, 9.17) is 9.47 Å². The summed E-state index contributed by atoms with van der Waals surface area (Å²) < 4.78 is 12.0. The van der Waals surface area contributed by atoms with Gasteiger partial charge in [0.25, 0.3) is 11.5 Å². The van der Waals surface area contributed by atoms with Gasteiger partial charge >= 0.3 is 5.69 Å². The van der Waals surface area contributed by atoms with E-state index in [0.29, 0.717) is 24.5 Å². The van der Waals surface area contributed by atoms with Gasteiger partial charge < -0.3 is 40.5 Å². The van der Waals surface area contributed by atoms with Gasteiger partial charge in [0.1, 0.15) is 24.4 Å². The first-order valence-corrected chi connectivity index (χ1v) is 13.9. The van der Waals surface area contributed by atoms with Gasteiger partial charge in [-0.3, -0.25) is 28.7 Å². The SMILES string of the molecule is O=C(CNC(=O)c1ccccc1)NC(C(=O)Nc1ccc(N2CCOCC2)cc1)[C@H]1O[C@@H](n2ccc(=O)[nH]c2=O)[C@H](O)[C@@H]1O. The van der Waals surface area contributed by atoms with Crippen molar-refractivity contribution in [2.75, 3.05) is 43.1 Å². The zero-order valence-corrected chi connectivity index (χ0v) is 23.4. The normalized spacial score (nSPS) is 22.2. The molecule has 2 aromatic carbocycles. The molecule has 15 nitrogen and oxygen atoms in total. The van der Waals surface area contributed by atoms with Gasteiger partial charge in [0, 0.05) is 42.3 Å². The van der Waals surface area contributed by atoms with Crippen LogP contribution in [0.2, 0.25) is 0 Å². The predicted molar refractivity (Wildman–Crippen MR) is 156 cm³/mol. The van der Waals surface area contributed by atoms with Crippen molar-refractivity contribution in [3.05, 3.63) is 93.3 Å². The maximum absolute atomic E-state index is 13.6. The monoisotopic (exact) mass is 608 g/mol. The van der Waals surface area contributed by atoms with E-state index in [9.17, 15) is 34.2 Å². The summed E-state index contributed by atoms with van der Waals surface area (Å²) in [5, 5.41) is 29.3.